The molecule has 6 nitrogen and oxygen atoms in total. The van der Waals surface area contributed by atoms with Crippen molar-refractivity contribution in [2.75, 3.05) is 42.9 Å². The smallest absolute Gasteiger partial charge is 0.156 e. The summed E-state index contributed by atoms with van der Waals surface area (Å²) in [6.07, 6.45) is 13.1. The average molecular weight is 443 g/mol. The van der Waals surface area contributed by atoms with Crippen molar-refractivity contribution in [3.63, 3.8) is 0 Å². The van der Waals surface area contributed by atoms with E-state index in [2.05, 4.69) is 57.4 Å². The van der Waals surface area contributed by atoms with Crippen LogP contribution in [0.5, 0.6) is 0 Å². The third-order valence-electron chi connectivity index (χ3n) is 6.82. The van der Waals surface area contributed by atoms with Gasteiger partial charge < -0.3 is 10.2 Å². The molecule has 1 N–H and O–H groups in total. The molecule has 1 aromatic heterocycles. The molecule has 1 aromatic carbocycles. The molecule has 1 aliphatic carbocycles. The van der Waals surface area contributed by atoms with Crippen LogP contribution in [0, 0.1) is 0 Å². The summed E-state index contributed by atoms with van der Waals surface area (Å²) >= 11 is 0. The third-order valence-corrected chi connectivity index (χ3v) is 6.82. The topological polar surface area (TPSA) is 56.6 Å². The fraction of sp³-hybridized carbons (Fsp3) is 0.444. The Balaban J connectivity index is 1.34. The standard InChI is InChI=1S/C27H34N6/c1-21-18-25(28-20-21)30-26-19-27(31-24(29-26)13-12-22-8-4-2-5-9-22)33-16-14-32(15-17-33)23-10-6-3-7-11-23/h2,4-5,8-9,12-13,18-19,23H,3,6-7,10-11,14-17,20H2,1H3,(H,28,29,30,31)/b13-12+. The average Bonchev–Trinajstić information content (AvgIpc) is 3.28. The fourth-order valence-corrected chi connectivity index (χ4v) is 4.99. The van der Waals surface area contributed by atoms with Crippen LogP contribution in [-0.4, -0.2) is 59.5 Å². The molecule has 3 aliphatic rings. The summed E-state index contributed by atoms with van der Waals surface area (Å²) < 4.78 is 0. The highest BCUT2D eigenvalue weighted by molar-refractivity contribution is 6.05. The van der Waals surface area contributed by atoms with Gasteiger partial charge in [0.05, 0.1) is 6.54 Å². The summed E-state index contributed by atoms with van der Waals surface area (Å²) in [5, 5.41) is 3.40. The molecule has 172 valence electrons. The summed E-state index contributed by atoms with van der Waals surface area (Å²) in [4.78, 5) is 19.3. The molecule has 5 rings (SSSR count). The molecule has 2 aromatic rings. The number of nitrogens with one attached hydrogen (secondary N) is 1. The van der Waals surface area contributed by atoms with Crippen LogP contribution >= 0.6 is 0 Å². The normalized spacial score (nSPS) is 20.2. The molecule has 0 bridgehead atoms. The van der Waals surface area contributed by atoms with Crippen LogP contribution < -0.4 is 10.2 Å². The van der Waals surface area contributed by atoms with Crippen LogP contribution in [0.15, 0.2) is 53.0 Å². The van der Waals surface area contributed by atoms with Crippen molar-refractivity contribution in [2.24, 2.45) is 4.99 Å². The first-order valence-corrected chi connectivity index (χ1v) is 12.3. The van der Waals surface area contributed by atoms with Crippen molar-refractivity contribution >= 4 is 29.6 Å². The van der Waals surface area contributed by atoms with Gasteiger partial charge in [0.2, 0.25) is 0 Å². The van der Waals surface area contributed by atoms with E-state index in [-0.39, 0.29) is 0 Å². The quantitative estimate of drug-likeness (QED) is 0.716. The number of amidine groups is 1. The summed E-state index contributed by atoms with van der Waals surface area (Å²) in [5.74, 6) is 3.38. The Hall–Kier alpha value is -2.99. The molecule has 0 unspecified atom stereocenters. The van der Waals surface area contributed by atoms with Crippen molar-refractivity contribution < 1.29 is 0 Å². The minimum absolute atomic E-state index is 0.716. The maximum absolute atomic E-state index is 4.91. The van der Waals surface area contributed by atoms with Crippen LogP contribution in [0.3, 0.4) is 0 Å². The van der Waals surface area contributed by atoms with Gasteiger partial charge in [0.25, 0.3) is 0 Å². The minimum atomic E-state index is 0.716. The lowest BCUT2D eigenvalue weighted by Crippen LogP contribution is -2.51. The van der Waals surface area contributed by atoms with E-state index in [0.29, 0.717) is 5.82 Å². The first kappa shape index (κ1) is 21.8. The molecule has 0 atom stereocenters. The van der Waals surface area contributed by atoms with E-state index in [1.807, 2.05) is 24.3 Å². The number of aliphatic imine (C=N–C) groups is 1. The van der Waals surface area contributed by atoms with E-state index in [9.17, 15) is 0 Å². The van der Waals surface area contributed by atoms with E-state index in [4.69, 9.17) is 9.97 Å². The zero-order chi connectivity index (χ0) is 22.5. The van der Waals surface area contributed by atoms with E-state index < -0.39 is 0 Å². The zero-order valence-corrected chi connectivity index (χ0v) is 19.6. The molecule has 1 saturated carbocycles. The summed E-state index contributed by atoms with van der Waals surface area (Å²) in [6, 6.07) is 13.1. The molecular weight excluding hydrogens is 408 g/mol. The largest absolute Gasteiger partial charge is 0.354 e. The van der Waals surface area contributed by atoms with Crippen LogP contribution in [-0.2, 0) is 0 Å². The molecule has 0 amide bonds. The highest BCUT2D eigenvalue weighted by atomic mass is 15.3. The minimum Gasteiger partial charge on any atom is -0.354 e. The molecule has 0 radical (unpaired) electrons. The molecular formula is C27H34N6. The number of hydrogen-bond acceptors (Lipinski definition) is 6. The predicted octanol–water partition coefficient (Wildman–Crippen LogP) is 4.87. The van der Waals surface area contributed by atoms with Gasteiger partial charge >= 0.3 is 0 Å². The van der Waals surface area contributed by atoms with Crippen LogP contribution in [0.4, 0.5) is 11.6 Å². The van der Waals surface area contributed by atoms with E-state index in [0.717, 1.165) is 61.8 Å². The van der Waals surface area contributed by atoms with Gasteiger partial charge in [-0.05, 0) is 43.1 Å². The highest BCUT2D eigenvalue weighted by Crippen LogP contribution is 2.25. The van der Waals surface area contributed by atoms with Crippen LogP contribution in [0.1, 0.15) is 50.4 Å². The Morgan fingerprint density at radius 3 is 2.45 bits per heavy atom. The molecule has 6 heteroatoms. The van der Waals surface area contributed by atoms with Crippen molar-refractivity contribution in [1.29, 1.82) is 0 Å². The molecule has 2 fully saturated rings. The predicted molar refractivity (Wildman–Crippen MR) is 138 cm³/mol. The Morgan fingerprint density at radius 1 is 0.939 bits per heavy atom. The maximum atomic E-state index is 4.91. The van der Waals surface area contributed by atoms with E-state index in [1.54, 1.807) is 0 Å². The van der Waals surface area contributed by atoms with Crippen molar-refractivity contribution in [3.8, 4) is 0 Å². The van der Waals surface area contributed by atoms with Gasteiger partial charge in [0.1, 0.15) is 17.5 Å². The number of piperazine rings is 1. The summed E-state index contributed by atoms with van der Waals surface area (Å²) in [6.45, 7) is 7.10. The number of aromatic nitrogens is 2. The molecule has 0 spiro atoms. The lowest BCUT2D eigenvalue weighted by molar-refractivity contribution is 0.147. The molecule has 3 heterocycles. The van der Waals surface area contributed by atoms with Gasteiger partial charge in [-0.2, -0.15) is 0 Å². The lowest BCUT2D eigenvalue weighted by atomic mass is 9.94. The first-order chi connectivity index (χ1) is 16.2. The van der Waals surface area contributed by atoms with Gasteiger partial charge in [0.15, 0.2) is 5.82 Å². The Kier molecular flexibility index (Phi) is 6.81. The second kappa shape index (κ2) is 10.3. The van der Waals surface area contributed by atoms with Crippen molar-refractivity contribution in [2.45, 2.75) is 45.1 Å². The SMILES string of the molecule is CC1=CC(Nc2cc(N3CCN(C4CCCCC4)CC3)nc(/C=C/c3ccccc3)n2)=NC1. The second-order valence-corrected chi connectivity index (χ2v) is 9.35. The lowest BCUT2D eigenvalue weighted by Gasteiger charge is -2.41. The van der Waals surface area contributed by atoms with E-state index >= 15 is 0 Å². The van der Waals surface area contributed by atoms with Crippen molar-refractivity contribution in [1.82, 2.24) is 14.9 Å². The van der Waals surface area contributed by atoms with Gasteiger partial charge in [0, 0.05) is 38.3 Å². The fourth-order valence-electron chi connectivity index (χ4n) is 4.99. The van der Waals surface area contributed by atoms with Crippen LogP contribution in [0.25, 0.3) is 12.2 Å². The monoisotopic (exact) mass is 442 g/mol. The van der Waals surface area contributed by atoms with Crippen LogP contribution in [0.2, 0.25) is 0 Å². The van der Waals surface area contributed by atoms with Crippen molar-refractivity contribution in [3.05, 3.63) is 59.4 Å². The molecule has 1 saturated heterocycles. The Morgan fingerprint density at radius 2 is 1.73 bits per heavy atom. The first-order valence-electron chi connectivity index (χ1n) is 12.3. The van der Waals surface area contributed by atoms with E-state index in [1.165, 1.54) is 37.7 Å². The van der Waals surface area contributed by atoms with Gasteiger partial charge in [-0.1, -0.05) is 55.7 Å². The summed E-state index contributed by atoms with van der Waals surface area (Å²) in [7, 11) is 0. The number of anilines is 2. The Labute approximate surface area is 197 Å². The van der Waals surface area contributed by atoms with Gasteiger partial charge in [-0.15, -0.1) is 0 Å². The number of hydrogen-bond donors (Lipinski definition) is 1. The Bertz CT molecular complexity index is 1030. The van der Waals surface area contributed by atoms with Gasteiger partial charge in [-0.3, -0.25) is 9.89 Å². The molecule has 2 aliphatic heterocycles. The highest BCUT2D eigenvalue weighted by Gasteiger charge is 2.26. The zero-order valence-electron chi connectivity index (χ0n) is 19.6. The summed E-state index contributed by atoms with van der Waals surface area (Å²) in [5.41, 5.74) is 2.40. The number of nitrogens with zero attached hydrogens (tertiary/aromatic N) is 5. The van der Waals surface area contributed by atoms with Gasteiger partial charge in [-0.25, -0.2) is 9.97 Å². The second-order valence-electron chi connectivity index (χ2n) is 9.35. The molecule has 33 heavy (non-hydrogen) atoms. The number of benzene rings is 1. The maximum Gasteiger partial charge on any atom is 0.156 e. The number of rotatable bonds is 5. The third kappa shape index (κ3) is 5.69.